The molecule has 2 aromatic rings. The van der Waals surface area contributed by atoms with Crippen molar-refractivity contribution in [2.75, 3.05) is 11.9 Å². The molecule has 0 aliphatic rings. The molecule has 2 unspecified atom stereocenters. The normalized spacial score (nSPS) is 12.4. The number of halogens is 1. The fourth-order valence-corrected chi connectivity index (χ4v) is 4.31. The van der Waals surface area contributed by atoms with Gasteiger partial charge >= 0.3 is 6.09 Å². The number of primary amides is 1. The highest BCUT2D eigenvalue weighted by Crippen LogP contribution is 2.31. The van der Waals surface area contributed by atoms with Crippen LogP contribution >= 0.6 is 11.6 Å². The summed E-state index contributed by atoms with van der Waals surface area (Å²) in [6.45, 7) is 8.84. The fraction of sp³-hybridized carbons (Fsp3) is 0.400. The second-order valence-corrected chi connectivity index (χ2v) is 10.7. The molecule has 40 heavy (non-hydrogen) atoms. The van der Waals surface area contributed by atoms with Gasteiger partial charge in [0.25, 0.3) is 5.91 Å². The monoisotopic (exact) mass is 568 g/mol. The van der Waals surface area contributed by atoms with E-state index >= 15 is 0 Å². The molecular weight excluding hydrogens is 532 g/mol. The van der Waals surface area contributed by atoms with Crippen LogP contribution in [0.15, 0.2) is 42.5 Å². The largest absolute Gasteiger partial charge is 0.444 e. The average Bonchev–Trinajstić information content (AvgIpc) is 2.86. The number of nitrogens with zero attached hydrogens (tertiary/aromatic N) is 1. The lowest BCUT2D eigenvalue weighted by Crippen LogP contribution is -2.53. The molecule has 4 N–H and O–H groups in total. The number of aryl methyl sites for hydroxylation is 1. The molecule has 0 saturated heterocycles. The number of para-hydroxylation sites is 1. The fourth-order valence-electron chi connectivity index (χ4n) is 4.05. The van der Waals surface area contributed by atoms with Crippen LogP contribution in [-0.4, -0.2) is 46.9 Å². The second-order valence-electron chi connectivity index (χ2n) is 10.3. The first-order chi connectivity index (χ1) is 18.8. The summed E-state index contributed by atoms with van der Waals surface area (Å²) in [6.07, 6.45) is 5.58. The third-order valence-electron chi connectivity index (χ3n) is 5.87. The van der Waals surface area contributed by atoms with Crippen molar-refractivity contribution in [2.45, 2.75) is 71.6 Å². The molecule has 0 radical (unpaired) electrons. The van der Waals surface area contributed by atoms with Crippen LogP contribution in [0.1, 0.15) is 69.7 Å². The number of anilines is 1. The van der Waals surface area contributed by atoms with Gasteiger partial charge in [0.15, 0.2) is 0 Å². The first kappa shape index (κ1) is 32.2. The number of ether oxygens (including phenoxy) is 1. The standard InChI is InChI=1S/C30H37ClN4O5/c1-7-9-17-35(28(38)23(18-24(32)36)33-29(39)40-30(4,5)6)26(21-15-11-10-14-20(21)8-2)27(37)34-25-19(3)13-12-16-22(25)31/h2,10-16,23,26H,7,9,17-18H2,1,3-6H3,(H2,32,36)(H,33,39)(H,34,37). The number of alkyl carbamates (subject to hydrolysis) is 1. The Balaban J connectivity index is 2.64. The van der Waals surface area contributed by atoms with Crippen molar-refractivity contribution in [3.05, 3.63) is 64.2 Å². The molecule has 0 aromatic heterocycles. The topological polar surface area (TPSA) is 131 Å². The van der Waals surface area contributed by atoms with Gasteiger partial charge in [0.1, 0.15) is 17.7 Å². The lowest BCUT2D eigenvalue weighted by molar-refractivity contribution is -0.142. The Kier molecular flexibility index (Phi) is 11.6. The summed E-state index contributed by atoms with van der Waals surface area (Å²) in [6, 6.07) is 9.34. The van der Waals surface area contributed by atoms with Crippen LogP contribution in [0.5, 0.6) is 0 Å². The molecule has 214 valence electrons. The predicted molar refractivity (Wildman–Crippen MR) is 156 cm³/mol. The van der Waals surface area contributed by atoms with E-state index in [4.69, 9.17) is 28.5 Å². The predicted octanol–water partition coefficient (Wildman–Crippen LogP) is 4.71. The molecule has 0 fully saturated rings. The van der Waals surface area contributed by atoms with Gasteiger partial charge in [-0.05, 0) is 57.4 Å². The summed E-state index contributed by atoms with van der Waals surface area (Å²) in [4.78, 5) is 54.0. The zero-order valence-corrected chi connectivity index (χ0v) is 24.3. The van der Waals surface area contributed by atoms with Gasteiger partial charge < -0.3 is 26.0 Å². The van der Waals surface area contributed by atoms with Crippen LogP contribution in [0.4, 0.5) is 10.5 Å². The van der Waals surface area contributed by atoms with Gasteiger partial charge in [0.2, 0.25) is 11.8 Å². The number of carbonyl (C=O) groups is 4. The van der Waals surface area contributed by atoms with Crippen LogP contribution in [0.2, 0.25) is 5.02 Å². The summed E-state index contributed by atoms with van der Waals surface area (Å²) in [5.74, 6) is 0.497. The first-order valence-electron chi connectivity index (χ1n) is 13.0. The van der Waals surface area contributed by atoms with Gasteiger partial charge in [-0.25, -0.2) is 4.79 Å². The maximum Gasteiger partial charge on any atom is 0.408 e. The second kappa shape index (κ2) is 14.4. The highest BCUT2D eigenvalue weighted by molar-refractivity contribution is 6.34. The third-order valence-corrected chi connectivity index (χ3v) is 6.19. The zero-order chi connectivity index (χ0) is 30.0. The van der Waals surface area contributed by atoms with E-state index in [2.05, 4.69) is 16.6 Å². The lowest BCUT2D eigenvalue weighted by Gasteiger charge is -2.35. The molecule has 0 aliphatic heterocycles. The minimum Gasteiger partial charge on any atom is -0.444 e. The van der Waals surface area contributed by atoms with Crippen molar-refractivity contribution in [1.29, 1.82) is 0 Å². The van der Waals surface area contributed by atoms with Gasteiger partial charge in [-0.15, -0.1) is 6.42 Å². The van der Waals surface area contributed by atoms with Crippen LogP contribution in [0.3, 0.4) is 0 Å². The molecule has 10 heteroatoms. The Morgan fingerprint density at radius 3 is 2.38 bits per heavy atom. The van der Waals surface area contributed by atoms with E-state index in [1.807, 2.05) is 6.92 Å². The van der Waals surface area contributed by atoms with Gasteiger partial charge in [-0.1, -0.05) is 61.2 Å². The van der Waals surface area contributed by atoms with E-state index in [1.165, 1.54) is 4.90 Å². The number of terminal acetylenes is 1. The molecule has 4 amide bonds. The van der Waals surface area contributed by atoms with E-state index < -0.39 is 47.9 Å². The van der Waals surface area contributed by atoms with E-state index in [0.717, 1.165) is 5.56 Å². The van der Waals surface area contributed by atoms with Crippen molar-refractivity contribution in [3.63, 3.8) is 0 Å². The number of nitrogens with one attached hydrogen (secondary N) is 2. The summed E-state index contributed by atoms with van der Waals surface area (Å²) in [5, 5.41) is 5.63. The molecule has 0 spiro atoms. The van der Waals surface area contributed by atoms with E-state index in [0.29, 0.717) is 34.7 Å². The van der Waals surface area contributed by atoms with Crippen LogP contribution in [0.25, 0.3) is 0 Å². The summed E-state index contributed by atoms with van der Waals surface area (Å²) in [7, 11) is 0. The SMILES string of the molecule is C#Cc1ccccc1C(C(=O)Nc1c(C)cccc1Cl)N(CCCC)C(=O)C(CC(N)=O)NC(=O)OC(C)(C)C. The zero-order valence-electron chi connectivity index (χ0n) is 23.5. The smallest absolute Gasteiger partial charge is 0.408 e. The van der Waals surface area contributed by atoms with Gasteiger partial charge in [0.05, 0.1) is 17.1 Å². The van der Waals surface area contributed by atoms with Gasteiger partial charge in [-0.3, -0.25) is 14.4 Å². The number of nitrogens with two attached hydrogens (primary N) is 1. The van der Waals surface area contributed by atoms with Crippen molar-refractivity contribution >= 4 is 41.1 Å². The van der Waals surface area contributed by atoms with Crippen LogP contribution in [-0.2, 0) is 19.1 Å². The molecule has 0 bridgehead atoms. The number of unbranched alkanes of at least 4 members (excludes halogenated alkanes) is 1. The number of hydrogen-bond acceptors (Lipinski definition) is 5. The number of amides is 4. The molecule has 2 atom stereocenters. The third kappa shape index (κ3) is 9.02. The van der Waals surface area contributed by atoms with Gasteiger partial charge in [0, 0.05) is 12.1 Å². The minimum atomic E-state index is -1.39. The van der Waals surface area contributed by atoms with Crippen molar-refractivity contribution in [1.82, 2.24) is 10.2 Å². The van der Waals surface area contributed by atoms with Crippen LogP contribution in [0, 0.1) is 19.3 Å². The maximum atomic E-state index is 14.1. The number of carbonyl (C=O) groups excluding carboxylic acids is 4. The maximum absolute atomic E-state index is 14.1. The molecule has 0 saturated carbocycles. The molecule has 2 rings (SSSR count). The van der Waals surface area contributed by atoms with Gasteiger partial charge in [-0.2, -0.15) is 0 Å². The Bertz CT molecular complexity index is 1260. The highest BCUT2D eigenvalue weighted by Gasteiger charge is 2.37. The molecule has 2 aromatic carbocycles. The van der Waals surface area contributed by atoms with E-state index in [-0.39, 0.29) is 6.54 Å². The Morgan fingerprint density at radius 1 is 1.12 bits per heavy atom. The van der Waals surface area contributed by atoms with E-state index in [9.17, 15) is 19.2 Å². The quantitative estimate of drug-likeness (QED) is 0.338. The number of hydrogen-bond donors (Lipinski definition) is 3. The van der Waals surface area contributed by atoms with Crippen LogP contribution < -0.4 is 16.4 Å². The Hall–Kier alpha value is -4.03. The van der Waals surface area contributed by atoms with Crippen molar-refractivity contribution < 1.29 is 23.9 Å². The first-order valence-corrected chi connectivity index (χ1v) is 13.4. The Labute approximate surface area is 240 Å². The summed E-state index contributed by atoms with van der Waals surface area (Å²) < 4.78 is 5.30. The molecule has 0 aliphatic carbocycles. The van der Waals surface area contributed by atoms with E-state index in [1.54, 1.807) is 70.2 Å². The summed E-state index contributed by atoms with van der Waals surface area (Å²) in [5.41, 5.74) is 6.49. The molecular formula is C30H37ClN4O5. The number of benzene rings is 2. The molecule has 0 heterocycles. The molecule has 9 nitrogen and oxygen atoms in total. The summed E-state index contributed by atoms with van der Waals surface area (Å²) >= 11 is 6.39. The highest BCUT2D eigenvalue weighted by atomic mass is 35.5. The lowest BCUT2D eigenvalue weighted by atomic mass is 9.96. The average molecular weight is 569 g/mol. The van der Waals surface area contributed by atoms with Crippen molar-refractivity contribution in [3.8, 4) is 12.3 Å². The van der Waals surface area contributed by atoms with Crippen molar-refractivity contribution in [2.24, 2.45) is 5.73 Å². The Morgan fingerprint density at radius 2 is 1.80 bits per heavy atom. The number of rotatable bonds is 11. The minimum absolute atomic E-state index is 0.124.